The van der Waals surface area contributed by atoms with Crippen LogP contribution in [0.4, 0.5) is 11.4 Å². The van der Waals surface area contributed by atoms with Gasteiger partial charge in [-0.15, -0.1) is 0 Å². The molecule has 1 amide bonds. The first-order valence-corrected chi connectivity index (χ1v) is 9.90. The first kappa shape index (κ1) is 21.8. The molecule has 1 aliphatic rings. The van der Waals surface area contributed by atoms with Crippen LogP contribution in [0.15, 0.2) is 73.1 Å². The summed E-state index contributed by atoms with van der Waals surface area (Å²) in [5, 5.41) is 9.38. The maximum absolute atomic E-state index is 11.4. The number of para-hydroxylation sites is 1. The topological polar surface area (TPSA) is 99.8 Å². The van der Waals surface area contributed by atoms with Crippen LogP contribution in [0, 0.1) is 0 Å². The second-order valence-electron chi connectivity index (χ2n) is 7.48. The predicted molar refractivity (Wildman–Crippen MR) is 121 cm³/mol. The monoisotopic (exact) mass is 418 g/mol. The summed E-state index contributed by atoms with van der Waals surface area (Å²) in [6.45, 7) is 0.571. The van der Waals surface area contributed by atoms with E-state index in [0.717, 1.165) is 22.5 Å². The summed E-state index contributed by atoms with van der Waals surface area (Å²) in [5.74, 6) is -1.17. The lowest BCUT2D eigenvalue weighted by Crippen LogP contribution is -2.38. The molecule has 1 atom stereocenters. The number of carboxylic acid groups (broad SMARTS) is 1. The van der Waals surface area contributed by atoms with Gasteiger partial charge in [0.05, 0.1) is 0 Å². The lowest BCUT2D eigenvalue weighted by atomic mass is 10.1. The number of anilines is 2. The van der Waals surface area contributed by atoms with Gasteiger partial charge in [0.2, 0.25) is 5.91 Å². The second kappa shape index (κ2) is 9.75. The normalized spacial score (nSPS) is 14.3. The maximum atomic E-state index is 11.4. The van der Waals surface area contributed by atoms with E-state index in [-0.39, 0.29) is 5.91 Å². The third kappa shape index (κ3) is 5.39. The highest BCUT2D eigenvalue weighted by Gasteiger charge is 2.33. The van der Waals surface area contributed by atoms with Gasteiger partial charge in [-0.25, -0.2) is 4.79 Å². The number of carbonyl (C=O) groups excluding carboxylic acids is 1. The fourth-order valence-corrected chi connectivity index (χ4v) is 3.48. The van der Waals surface area contributed by atoms with Gasteiger partial charge in [-0.05, 0) is 47.5 Å². The molecule has 7 nitrogen and oxygen atoms in total. The van der Waals surface area contributed by atoms with Crippen LogP contribution in [0.5, 0.6) is 0 Å². The van der Waals surface area contributed by atoms with Crippen molar-refractivity contribution in [3.05, 3.63) is 89.7 Å². The van der Waals surface area contributed by atoms with Crippen LogP contribution in [0.3, 0.4) is 0 Å². The zero-order chi connectivity index (χ0) is 22.4. The molecule has 0 saturated carbocycles. The Morgan fingerprint density at radius 2 is 1.81 bits per heavy atom. The van der Waals surface area contributed by atoms with E-state index in [2.05, 4.69) is 4.98 Å². The summed E-state index contributed by atoms with van der Waals surface area (Å²) < 4.78 is 0. The Morgan fingerprint density at radius 3 is 2.39 bits per heavy atom. The summed E-state index contributed by atoms with van der Waals surface area (Å²) in [6, 6.07) is 18.4. The summed E-state index contributed by atoms with van der Waals surface area (Å²) in [7, 11) is 3.89. The SMILES string of the molecule is CN(C)c1ccc(C(N)=O)cc1.O=C(O)C1Cc2ccccc2N1Cc1cccnc1. The fourth-order valence-electron chi connectivity index (χ4n) is 3.48. The molecule has 160 valence electrons. The average Bonchev–Trinajstić information content (AvgIpc) is 3.14. The molecule has 0 saturated heterocycles. The number of primary amides is 1. The van der Waals surface area contributed by atoms with Gasteiger partial charge in [0.15, 0.2) is 0 Å². The Bertz CT molecular complexity index is 1040. The Kier molecular flexibility index (Phi) is 6.87. The van der Waals surface area contributed by atoms with Crippen LogP contribution in [-0.2, 0) is 17.8 Å². The minimum absolute atomic E-state index is 0.389. The van der Waals surface area contributed by atoms with E-state index in [0.29, 0.717) is 18.5 Å². The van der Waals surface area contributed by atoms with Crippen LogP contribution in [0.2, 0.25) is 0 Å². The second-order valence-corrected chi connectivity index (χ2v) is 7.48. The van der Waals surface area contributed by atoms with Crippen molar-refractivity contribution in [2.24, 2.45) is 5.73 Å². The number of carbonyl (C=O) groups is 2. The average molecular weight is 418 g/mol. The molecule has 0 bridgehead atoms. The zero-order valence-electron chi connectivity index (χ0n) is 17.6. The van der Waals surface area contributed by atoms with Crippen molar-refractivity contribution in [2.45, 2.75) is 19.0 Å². The van der Waals surface area contributed by atoms with E-state index in [1.807, 2.05) is 72.4 Å². The number of hydrogen-bond acceptors (Lipinski definition) is 5. The number of fused-ring (bicyclic) bond motifs is 1. The van der Waals surface area contributed by atoms with Crippen molar-refractivity contribution >= 4 is 23.3 Å². The van der Waals surface area contributed by atoms with Gasteiger partial charge in [0.25, 0.3) is 0 Å². The molecule has 2 aromatic carbocycles. The maximum Gasteiger partial charge on any atom is 0.326 e. The number of aliphatic carboxylic acids is 1. The summed E-state index contributed by atoms with van der Waals surface area (Å²) in [5.41, 5.74) is 9.81. The highest BCUT2D eigenvalue weighted by atomic mass is 16.4. The number of nitrogens with zero attached hydrogens (tertiary/aromatic N) is 3. The number of carboxylic acids is 1. The molecule has 2 heterocycles. The molecular formula is C24H26N4O3. The quantitative estimate of drug-likeness (QED) is 0.661. The van der Waals surface area contributed by atoms with Gasteiger partial charge in [-0.3, -0.25) is 9.78 Å². The molecule has 7 heteroatoms. The van der Waals surface area contributed by atoms with Crippen molar-refractivity contribution in [1.82, 2.24) is 4.98 Å². The lowest BCUT2D eigenvalue weighted by molar-refractivity contribution is -0.138. The van der Waals surface area contributed by atoms with E-state index >= 15 is 0 Å². The van der Waals surface area contributed by atoms with Crippen LogP contribution in [0.1, 0.15) is 21.5 Å². The van der Waals surface area contributed by atoms with E-state index in [1.165, 1.54) is 0 Å². The Balaban J connectivity index is 0.000000196. The summed E-state index contributed by atoms with van der Waals surface area (Å²) in [6.07, 6.45) is 4.06. The molecule has 3 aromatic rings. The van der Waals surface area contributed by atoms with Crippen LogP contribution < -0.4 is 15.5 Å². The third-order valence-corrected chi connectivity index (χ3v) is 5.12. The van der Waals surface area contributed by atoms with Gasteiger partial charge >= 0.3 is 5.97 Å². The zero-order valence-corrected chi connectivity index (χ0v) is 17.6. The Labute approximate surface area is 181 Å². The number of aromatic nitrogens is 1. The van der Waals surface area contributed by atoms with E-state index in [9.17, 15) is 14.7 Å². The summed E-state index contributed by atoms with van der Waals surface area (Å²) >= 11 is 0. The van der Waals surface area contributed by atoms with Gasteiger partial charge in [-0.1, -0.05) is 24.3 Å². The number of amides is 1. The number of pyridine rings is 1. The largest absolute Gasteiger partial charge is 0.480 e. The molecule has 0 aliphatic carbocycles. The number of hydrogen-bond donors (Lipinski definition) is 2. The van der Waals surface area contributed by atoms with E-state index in [1.54, 1.807) is 24.5 Å². The fraction of sp³-hybridized carbons (Fsp3) is 0.208. The molecule has 0 fully saturated rings. The smallest absolute Gasteiger partial charge is 0.326 e. The first-order valence-electron chi connectivity index (χ1n) is 9.90. The number of rotatable bonds is 5. The minimum Gasteiger partial charge on any atom is -0.480 e. The van der Waals surface area contributed by atoms with Crippen molar-refractivity contribution in [1.29, 1.82) is 0 Å². The molecule has 0 spiro atoms. The molecular weight excluding hydrogens is 392 g/mol. The molecule has 0 radical (unpaired) electrons. The lowest BCUT2D eigenvalue weighted by Gasteiger charge is -2.24. The van der Waals surface area contributed by atoms with Crippen molar-refractivity contribution in [3.8, 4) is 0 Å². The van der Waals surface area contributed by atoms with Crippen molar-refractivity contribution < 1.29 is 14.7 Å². The number of benzene rings is 2. The van der Waals surface area contributed by atoms with E-state index < -0.39 is 12.0 Å². The summed E-state index contributed by atoms with van der Waals surface area (Å²) in [4.78, 5) is 30.1. The van der Waals surface area contributed by atoms with Gasteiger partial charge in [0, 0.05) is 56.4 Å². The molecule has 3 N–H and O–H groups in total. The first-order chi connectivity index (χ1) is 14.9. The standard InChI is InChI=1S/C15H14N2O2.C9H12N2O/c18-15(19)14-8-12-5-1-2-6-13(12)17(14)10-11-4-3-7-16-9-11;1-11(2)8-5-3-7(4-6-8)9(10)12/h1-7,9,14H,8,10H2,(H,18,19);3-6H,1-2H3,(H2,10,12). The van der Waals surface area contributed by atoms with Gasteiger partial charge in [-0.2, -0.15) is 0 Å². The van der Waals surface area contributed by atoms with Crippen LogP contribution in [-0.4, -0.2) is 42.1 Å². The Morgan fingerprint density at radius 1 is 1.10 bits per heavy atom. The van der Waals surface area contributed by atoms with E-state index in [4.69, 9.17) is 5.73 Å². The van der Waals surface area contributed by atoms with Crippen LogP contribution >= 0.6 is 0 Å². The molecule has 1 aromatic heterocycles. The highest BCUT2D eigenvalue weighted by Crippen LogP contribution is 2.33. The number of nitrogens with two attached hydrogens (primary N) is 1. The Hall–Kier alpha value is -3.87. The molecule has 31 heavy (non-hydrogen) atoms. The third-order valence-electron chi connectivity index (χ3n) is 5.12. The van der Waals surface area contributed by atoms with Gasteiger partial charge < -0.3 is 20.6 Å². The van der Waals surface area contributed by atoms with Crippen LogP contribution in [0.25, 0.3) is 0 Å². The minimum atomic E-state index is -0.778. The predicted octanol–water partition coefficient (Wildman–Crippen LogP) is 2.95. The highest BCUT2D eigenvalue weighted by molar-refractivity contribution is 5.93. The van der Waals surface area contributed by atoms with Crippen molar-refractivity contribution in [3.63, 3.8) is 0 Å². The van der Waals surface area contributed by atoms with Gasteiger partial charge in [0.1, 0.15) is 6.04 Å². The molecule has 4 rings (SSSR count). The molecule has 1 aliphatic heterocycles. The van der Waals surface area contributed by atoms with Crippen molar-refractivity contribution in [2.75, 3.05) is 23.9 Å². The molecule has 1 unspecified atom stereocenters.